The van der Waals surface area contributed by atoms with E-state index in [1.165, 1.54) is 6.42 Å². The standard InChI is InChI=1S/C20H29N3O2/c1-16-12-17(2)14-18(13-16)20(25)23-10-8-21(9-11-23)15-19(24)22-6-4-3-5-7-22/h12-14H,3-11,15H2,1-2H3. The number of amides is 2. The lowest BCUT2D eigenvalue weighted by atomic mass is 10.1. The first-order valence-electron chi connectivity index (χ1n) is 9.40. The van der Waals surface area contributed by atoms with Crippen LogP contribution < -0.4 is 0 Å². The van der Waals surface area contributed by atoms with E-state index in [1.807, 2.05) is 35.8 Å². The maximum absolute atomic E-state index is 12.7. The lowest BCUT2D eigenvalue weighted by Crippen LogP contribution is -2.52. The summed E-state index contributed by atoms with van der Waals surface area (Å²) in [6.07, 6.45) is 3.50. The Hall–Kier alpha value is -1.88. The lowest BCUT2D eigenvalue weighted by molar-refractivity contribution is -0.133. The fourth-order valence-electron chi connectivity index (χ4n) is 3.82. The van der Waals surface area contributed by atoms with Gasteiger partial charge in [0.1, 0.15) is 0 Å². The van der Waals surface area contributed by atoms with Crippen molar-refractivity contribution in [3.05, 3.63) is 34.9 Å². The molecule has 0 spiro atoms. The fraction of sp³-hybridized carbons (Fsp3) is 0.600. The third kappa shape index (κ3) is 4.60. The number of carbonyl (C=O) groups is 2. The number of nitrogens with zero attached hydrogens (tertiary/aromatic N) is 3. The maximum atomic E-state index is 12.7. The smallest absolute Gasteiger partial charge is 0.253 e. The van der Waals surface area contributed by atoms with Crippen LogP contribution in [0.15, 0.2) is 18.2 Å². The summed E-state index contributed by atoms with van der Waals surface area (Å²) in [6.45, 7) is 9.28. The van der Waals surface area contributed by atoms with Gasteiger partial charge < -0.3 is 9.80 Å². The second-order valence-electron chi connectivity index (χ2n) is 7.39. The number of aryl methyl sites for hydroxylation is 2. The molecule has 3 rings (SSSR count). The number of carbonyl (C=O) groups excluding carboxylic acids is 2. The van der Waals surface area contributed by atoms with Gasteiger partial charge in [0.2, 0.25) is 5.91 Å². The van der Waals surface area contributed by atoms with Crippen LogP contribution in [0, 0.1) is 13.8 Å². The Balaban J connectivity index is 1.51. The number of benzene rings is 1. The molecule has 0 saturated carbocycles. The number of hydrogen-bond donors (Lipinski definition) is 0. The van der Waals surface area contributed by atoms with Crippen LogP contribution in [-0.4, -0.2) is 72.3 Å². The van der Waals surface area contributed by atoms with Crippen LogP contribution in [0.5, 0.6) is 0 Å². The summed E-state index contributed by atoms with van der Waals surface area (Å²) < 4.78 is 0. The minimum atomic E-state index is 0.105. The van der Waals surface area contributed by atoms with Gasteiger partial charge in [-0.1, -0.05) is 17.2 Å². The Morgan fingerprint density at radius 2 is 1.40 bits per heavy atom. The van der Waals surface area contributed by atoms with Gasteiger partial charge in [0.15, 0.2) is 0 Å². The molecule has 2 saturated heterocycles. The zero-order chi connectivity index (χ0) is 17.8. The van der Waals surface area contributed by atoms with Gasteiger partial charge in [0.05, 0.1) is 6.54 Å². The number of hydrogen-bond acceptors (Lipinski definition) is 3. The van der Waals surface area contributed by atoms with Gasteiger partial charge in [-0.25, -0.2) is 0 Å². The second kappa shape index (κ2) is 8.00. The van der Waals surface area contributed by atoms with Crippen LogP contribution in [0.4, 0.5) is 0 Å². The van der Waals surface area contributed by atoms with Crippen molar-refractivity contribution in [3.8, 4) is 0 Å². The Morgan fingerprint density at radius 1 is 0.800 bits per heavy atom. The number of likely N-dealkylation sites (tertiary alicyclic amines) is 1. The highest BCUT2D eigenvalue weighted by Crippen LogP contribution is 2.14. The van der Waals surface area contributed by atoms with Crippen LogP contribution in [0.25, 0.3) is 0 Å². The first-order valence-corrected chi connectivity index (χ1v) is 9.40. The van der Waals surface area contributed by atoms with E-state index < -0.39 is 0 Å². The van der Waals surface area contributed by atoms with Crippen LogP contribution in [0.2, 0.25) is 0 Å². The topological polar surface area (TPSA) is 43.9 Å². The SMILES string of the molecule is Cc1cc(C)cc(C(=O)N2CCN(CC(=O)N3CCCCC3)CC2)c1. The molecule has 2 aliphatic rings. The van der Waals surface area contributed by atoms with E-state index in [9.17, 15) is 9.59 Å². The van der Waals surface area contributed by atoms with Gasteiger partial charge in [-0.2, -0.15) is 0 Å². The van der Waals surface area contributed by atoms with Crippen molar-refractivity contribution in [2.75, 3.05) is 45.8 Å². The predicted octanol–water partition coefficient (Wildman–Crippen LogP) is 2.07. The summed E-state index contributed by atoms with van der Waals surface area (Å²) in [6, 6.07) is 6.00. The third-order valence-corrected chi connectivity index (χ3v) is 5.20. The summed E-state index contributed by atoms with van der Waals surface area (Å²) in [5.74, 6) is 0.350. The van der Waals surface area contributed by atoms with Gasteiger partial charge >= 0.3 is 0 Å². The van der Waals surface area contributed by atoms with E-state index in [0.29, 0.717) is 19.6 Å². The molecule has 0 bridgehead atoms. The average molecular weight is 343 g/mol. The zero-order valence-electron chi connectivity index (χ0n) is 15.5. The van der Waals surface area contributed by atoms with Gasteiger partial charge in [0, 0.05) is 44.8 Å². The van der Waals surface area contributed by atoms with E-state index in [2.05, 4.69) is 11.0 Å². The quantitative estimate of drug-likeness (QED) is 0.844. The van der Waals surface area contributed by atoms with E-state index in [1.54, 1.807) is 0 Å². The molecule has 25 heavy (non-hydrogen) atoms. The molecule has 5 nitrogen and oxygen atoms in total. The molecule has 0 aliphatic carbocycles. The second-order valence-corrected chi connectivity index (χ2v) is 7.39. The molecule has 0 atom stereocenters. The molecule has 136 valence electrons. The molecule has 2 aliphatic heterocycles. The zero-order valence-corrected chi connectivity index (χ0v) is 15.5. The molecular weight excluding hydrogens is 314 g/mol. The van der Waals surface area contributed by atoms with Crippen LogP contribution in [0.3, 0.4) is 0 Å². The molecule has 1 aromatic carbocycles. The summed E-state index contributed by atoms with van der Waals surface area (Å²) >= 11 is 0. The van der Waals surface area contributed by atoms with Crippen molar-refractivity contribution in [1.82, 2.24) is 14.7 Å². The van der Waals surface area contributed by atoms with Crippen molar-refractivity contribution in [1.29, 1.82) is 0 Å². The largest absolute Gasteiger partial charge is 0.342 e. The normalized spacial score (nSPS) is 19.1. The predicted molar refractivity (Wildman–Crippen MR) is 98.7 cm³/mol. The molecule has 0 radical (unpaired) electrons. The average Bonchev–Trinajstić information content (AvgIpc) is 2.61. The third-order valence-electron chi connectivity index (χ3n) is 5.20. The Morgan fingerprint density at radius 3 is 2.00 bits per heavy atom. The van der Waals surface area contributed by atoms with Crippen molar-refractivity contribution in [2.45, 2.75) is 33.1 Å². The highest BCUT2D eigenvalue weighted by atomic mass is 16.2. The first-order chi connectivity index (χ1) is 12.0. The summed E-state index contributed by atoms with van der Waals surface area (Å²) in [5.41, 5.74) is 3.01. The maximum Gasteiger partial charge on any atom is 0.253 e. The van der Waals surface area contributed by atoms with Gasteiger partial charge in [-0.15, -0.1) is 0 Å². The first kappa shape index (κ1) is 17.9. The lowest BCUT2D eigenvalue weighted by Gasteiger charge is -2.36. The molecule has 0 unspecified atom stereocenters. The van der Waals surface area contributed by atoms with E-state index >= 15 is 0 Å². The van der Waals surface area contributed by atoms with Gasteiger partial charge in [-0.3, -0.25) is 14.5 Å². The van der Waals surface area contributed by atoms with Crippen molar-refractivity contribution < 1.29 is 9.59 Å². The monoisotopic (exact) mass is 343 g/mol. The molecule has 0 aromatic heterocycles. The molecule has 1 aromatic rings. The van der Waals surface area contributed by atoms with E-state index in [4.69, 9.17) is 0 Å². The van der Waals surface area contributed by atoms with Gasteiger partial charge in [0.25, 0.3) is 5.91 Å². The number of rotatable bonds is 3. The summed E-state index contributed by atoms with van der Waals surface area (Å²) in [7, 11) is 0. The van der Waals surface area contributed by atoms with Crippen LogP contribution >= 0.6 is 0 Å². The Labute approximate surface area is 150 Å². The van der Waals surface area contributed by atoms with Crippen molar-refractivity contribution >= 4 is 11.8 Å². The molecule has 5 heteroatoms. The Bertz CT molecular complexity index is 610. The molecule has 0 N–H and O–H groups in total. The van der Waals surface area contributed by atoms with E-state index in [0.717, 1.165) is 55.7 Å². The summed E-state index contributed by atoms with van der Waals surface area (Å²) in [5, 5.41) is 0. The number of piperazine rings is 1. The van der Waals surface area contributed by atoms with Crippen LogP contribution in [-0.2, 0) is 4.79 Å². The summed E-state index contributed by atoms with van der Waals surface area (Å²) in [4.78, 5) is 31.2. The number of piperidine rings is 1. The molecule has 2 fully saturated rings. The Kier molecular flexibility index (Phi) is 5.74. The highest BCUT2D eigenvalue weighted by Gasteiger charge is 2.25. The fourth-order valence-corrected chi connectivity index (χ4v) is 3.82. The minimum Gasteiger partial charge on any atom is -0.342 e. The van der Waals surface area contributed by atoms with Crippen LogP contribution in [0.1, 0.15) is 40.7 Å². The van der Waals surface area contributed by atoms with Gasteiger partial charge in [-0.05, 0) is 45.2 Å². The van der Waals surface area contributed by atoms with Crippen molar-refractivity contribution in [2.24, 2.45) is 0 Å². The minimum absolute atomic E-state index is 0.105. The van der Waals surface area contributed by atoms with E-state index in [-0.39, 0.29) is 11.8 Å². The molecule has 2 heterocycles. The van der Waals surface area contributed by atoms with Crippen molar-refractivity contribution in [3.63, 3.8) is 0 Å². The highest BCUT2D eigenvalue weighted by molar-refractivity contribution is 5.94. The molecular formula is C20H29N3O2. The molecule has 2 amide bonds.